The lowest BCUT2D eigenvalue weighted by molar-refractivity contribution is -0.385. The van der Waals surface area contributed by atoms with Crippen molar-refractivity contribution in [3.8, 4) is 0 Å². The number of hydrogen-bond donors (Lipinski definition) is 2. The van der Waals surface area contributed by atoms with Gasteiger partial charge in [-0.1, -0.05) is 6.92 Å². The number of nitro groups is 1. The Morgan fingerprint density at radius 2 is 2.35 bits per heavy atom. The third-order valence-electron chi connectivity index (χ3n) is 2.59. The maximum Gasteiger partial charge on any atom is 0.287 e. The predicted molar refractivity (Wildman–Crippen MR) is 65.0 cm³/mol. The summed E-state index contributed by atoms with van der Waals surface area (Å²) < 4.78 is 0. The lowest BCUT2D eigenvalue weighted by atomic mass is 10.1. The van der Waals surface area contributed by atoms with Crippen LogP contribution in [0.5, 0.6) is 0 Å². The normalized spacial score (nSPS) is 12.2. The summed E-state index contributed by atoms with van der Waals surface area (Å²) in [5.41, 5.74) is 0.721. The van der Waals surface area contributed by atoms with Crippen LogP contribution in [0.4, 0.5) is 11.5 Å². The van der Waals surface area contributed by atoms with E-state index in [-0.39, 0.29) is 18.3 Å². The Bertz CT molecular complexity index is 396. The van der Waals surface area contributed by atoms with Gasteiger partial charge in [0, 0.05) is 18.7 Å². The van der Waals surface area contributed by atoms with Gasteiger partial charge in [0.15, 0.2) is 0 Å². The van der Waals surface area contributed by atoms with Crippen LogP contribution >= 0.6 is 0 Å². The topological polar surface area (TPSA) is 88.3 Å². The van der Waals surface area contributed by atoms with E-state index < -0.39 is 4.92 Å². The van der Waals surface area contributed by atoms with Crippen molar-refractivity contribution in [1.82, 2.24) is 4.98 Å². The summed E-state index contributed by atoms with van der Waals surface area (Å²) in [6.45, 7) is 3.89. The third kappa shape index (κ3) is 3.67. The highest BCUT2D eigenvalue weighted by atomic mass is 16.6. The Kier molecular flexibility index (Phi) is 4.84. The smallest absolute Gasteiger partial charge is 0.287 e. The number of aromatic nitrogens is 1. The van der Waals surface area contributed by atoms with E-state index in [1.165, 1.54) is 12.3 Å². The molecule has 0 aromatic carbocycles. The standard InChI is InChI=1S/C11H17N3O3/c1-3-9(4-5-15)13-11-8(2)6-10(7-12-11)14(16)17/h6-7,9,15H,3-5H2,1-2H3,(H,12,13). The lowest BCUT2D eigenvalue weighted by Crippen LogP contribution is -2.21. The average Bonchev–Trinajstić information content (AvgIpc) is 2.30. The van der Waals surface area contributed by atoms with Crippen molar-refractivity contribution in [2.75, 3.05) is 11.9 Å². The van der Waals surface area contributed by atoms with E-state index in [9.17, 15) is 10.1 Å². The van der Waals surface area contributed by atoms with Crippen molar-refractivity contribution >= 4 is 11.5 Å². The third-order valence-corrected chi connectivity index (χ3v) is 2.59. The molecule has 0 fully saturated rings. The summed E-state index contributed by atoms with van der Waals surface area (Å²) in [6.07, 6.45) is 2.73. The summed E-state index contributed by atoms with van der Waals surface area (Å²) in [5.74, 6) is 0.635. The van der Waals surface area contributed by atoms with Crippen molar-refractivity contribution in [3.63, 3.8) is 0 Å². The molecule has 0 bridgehead atoms. The van der Waals surface area contributed by atoms with Crippen LogP contribution in [0.3, 0.4) is 0 Å². The molecule has 2 N–H and O–H groups in total. The Hall–Kier alpha value is -1.69. The number of rotatable bonds is 6. The second-order valence-electron chi connectivity index (χ2n) is 3.88. The second-order valence-corrected chi connectivity index (χ2v) is 3.88. The van der Waals surface area contributed by atoms with Crippen LogP contribution in [-0.4, -0.2) is 27.7 Å². The van der Waals surface area contributed by atoms with Crippen molar-refractivity contribution in [2.24, 2.45) is 0 Å². The number of aryl methyl sites for hydroxylation is 1. The monoisotopic (exact) mass is 239 g/mol. The van der Waals surface area contributed by atoms with Crippen LogP contribution in [0, 0.1) is 17.0 Å². The molecule has 0 aliphatic carbocycles. The highest BCUT2D eigenvalue weighted by molar-refractivity contribution is 5.48. The van der Waals surface area contributed by atoms with E-state index in [0.717, 1.165) is 12.0 Å². The fourth-order valence-electron chi connectivity index (χ4n) is 1.54. The lowest BCUT2D eigenvalue weighted by Gasteiger charge is -2.17. The zero-order valence-corrected chi connectivity index (χ0v) is 10.0. The quantitative estimate of drug-likeness (QED) is 0.584. The van der Waals surface area contributed by atoms with Crippen LogP contribution in [0.15, 0.2) is 12.3 Å². The number of nitrogens with one attached hydrogen (secondary N) is 1. The van der Waals surface area contributed by atoms with Gasteiger partial charge in [0.05, 0.1) is 4.92 Å². The molecule has 94 valence electrons. The van der Waals surface area contributed by atoms with Gasteiger partial charge in [-0.25, -0.2) is 4.98 Å². The Labute approximate surface area is 99.8 Å². The van der Waals surface area contributed by atoms with E-state index >= 15 is 0 Å². The first-order valence-electron chi connectivity index (χ1n) is 5.57. The Balaban J connectivity index is 2.81. The zero-order chi connectivity index (χ0) is 12.8. The van der Waals surface area contributed by atoms with Crippen LogP contribution in [0.1, 0.15) is 25.3 Å². The number of anilines is 1. The minimum Gasteiger partial charge on any atom is -0.396 e. The van der Waals surface area contributed by atoms with Crippen LogP contribution in [0.25, 0.3) is 0 Å². The summed E-state index contributed by atoms with van der Waals surface area (Å²) in [4.78, 5) is 14.1. The van der Waals surface area contributed by atoms with Gasteiger partial charge in [-0.2, -0.15) is 0 Å². The molecule has 0 spiro atoms. The SMILES string of the molecule is CCC(CCO)Nc1ncc([N+](=O)[O-])cc1C. The molecule has 1 heterocycles. The molecule has 1 rings (SSSR count). The molecule has 0 saturated carbocycles. The van der Waals surface area contributed by atoms with E-state index in [0.29, 0.717) is 12.2 Å². The molecule has 0 amide bonds. The number of hydrogen-bond acceptors (Lipinski definition) is 5. The zero-order valence-electron chi connectivity index (χ0n) is 10.0. The van der Waals surface area contributed by atoms with Crippen molar-refractivity contribution in [3.05, 3.63) is 27.9 Å². The van der Waals surface area contributed by atoms with Crippen molar-refractivity contribution < 1.29 is 10.0 Å². The van der Waals surface area contributed by atoms with Gasteiger partial charge in [0.2, 0.25) is 0 Å². The molecule has 6 heteroatoms. The molecule has 17 heavy (non-hydrogen) atoms. The largest absolute Gasteiger partial charge is 0.396 e. The molecule has 0 aliphatic rings. The highest BCUT2D eigenvalue weighted by Gasteiger charge is 2.12. The molecule has 0 radical (unpaired) electrons. The summed E-state index contributed by atoms with van der Waals surface area (Å²) in [7, 11) is 0. The summed E-state index contributed by atoms with van der Waals surface area (Å²) in [6, 6.07) is 1.62. The maximum absolute atomic E-state index is 10.6. The molecule has 1 aromatic rings. The van der Waals surface area contributed by atoms with Gasteiger partial charge < -0.3 is 10.4 Å². The molecule has 1 aromatic heterocycles. The number of pyridine rings is 1. The van der Waals surface area contributed by atoms with Crippen molar-refractivity contribution in [2.45, 2.75) is 32.7 Å². The van der Waals surface area contributed by atoms with Crippen LogP contribution < -0.4 is 5.32 Å². The van der Waals surface area contributed by atoms with Gasteiger partial charge in [0.1, 0.15) is 12.0 Å². The number of nitrogens with zero attached hydrogens (tertiary/aromatic N) is 2. The summed E-state index contributed by atoms with van der Waals surface area (Å²) in [5, 5.41) is 22.6. The van der Waals surface area contributed by atoms with Gasteiger partial charge >= 0.3 is 0 Å². The number of aliphatic hydroxyl groups excluding tert-OH is 1. The molecule has 1 atom stereocenters. The van der Waals surface area contributed by atoms with E-state index in [2.05, 4.69) is 10.3 Å². The van der Waals surface area contributed by atoms with Gasteiger partial charge in [0.25, 0.3) is 5.69 Å². The molecule has 6 nitrogen and oxygen atoms in total. The second kappa shape index (κ2) is 6.15. The molecular formula is C11H17N3O3. The summed E-state index contributed by atoms with van der Waals surface area (Å²) >= 11 is 0. The average molecular weight is 239 g/mol. The minimum atomic E-state index is -0.463. The fraction of sp³-hybridized carbons (Fsp3) is 0.545. The van der Waals surface area contributed by atoms with Crippen molar-refractivity contribution in [1.29, 1.82) is 0 Å². The number of aliphatic hydroxyl groups is 1. The Morgan fingerprint density at radius 1 is 1.65 bits per heavy atom. The minimum absolute atomic E-state index is 0.0109. The maximum atomic E-state index is 10.6. The first-order chi connectivity index (χ1) is 8.08. The Morgan fingerprint density at radius 3 is 2.82 bits per heavy atom. The van der Waals surface area contributed by atoms with Gasteiger partial charge in [-0.15, -0.1) is 0 Å². The predicted octanol–water partition coefficient (Wildman–Crippen LogP) is 1.87. The molecular weight excluding hydrogens is 222 g/mol. The van der Waals surface area contributed by atoms with E-state index in [1.54, 1.807) is 6.92 Å². The molecule has 0 aliphatic heterocycles. The van der Waals surface area contributed by atoms with E-state index in [1.807, 2.05) is 6.92 Å². The molecule has 0 saturated heterocycles. The van der Waals surface area contributed by atoms with Crippen LogP contribution in [-0.2, 0) is 0 Å². The fourth-order valence-corrected chi connectivity index (χ4v) is 1.54. The van der Waals surface area contributed by atoms with Gasteiger partial charge in [-0.05, 0) is 25.3 Å². The molecule has 1 unspecified atom stereocenters. The first kappa shape index (κ1) is 13.4. The highest BCUT2D eigenvalue weighted by Crippen LogP contribution is 2.19. The van der Waals surface area contributed by atoms with Crippen LogP contribution in [0.2, 0.25) is 0 Å². The van der Waals surface area contributed by atoms with E-state index in [4.69, 9.17) is 5.11 Å². The van der Waals surface area contributed by atoms with Gasteiger partial charge in [-0.3, -0.25) is 10.1 Å². The first-order valence-corrected chi connectivity index (χ1v) is 5.57.